The highest BCUT2D eigenvalue weighted by atomic mass is 14.9. The molecule has 1 heterocycles. The Kier molecular flexibility index (Phi) is 1.88. The van der Waals surface area contributed by atoms with Crippen LogP contribution >= 0.6 is 0 Å². The molecule has 14 heavy (non-hydrogen) atoms. The van der Waals surface area contributed by atoms with E-state index in [9.17, 15) is 0 Å². The molecule has 0 bridgehead atoms. The summed E-state index contributed by atoms with van der Waals surface area (Å²) in [6, 6.07) is 7.61. The Hall–Kier alpha value is -0.820. The van der Waals surface area contributed by atoms with E-state index < -0.39 is 0 Å². The van der Waals surface area contributed by atoms with Gasteiger partial charge in [-0.2, -0.15) is 0 Å². The lowest BCUT2D eigenvalue weighted by Gasteiger charge is -2.27. The van der Waals surface area contributed by atoms with Crippen LogP contribution in [0.2, 0.25) is 0 Å². The maximum absolute atomic E-state index is 3.66. The van der Waals surface area contributed by atoms with Crippen molar-refractivity contribution in [1.82, 2.24) is 5.32 Å². The van der Waals surface area contributed by atoms with E-state index >= 15 is 0 Å². The predicted molar refractivity (Wildman–Crippen MR) is 58.4 cm³/mol. The highest BCUT2D eigenvalue weighted by Gasteiger charge is 2.33. The Morgan fingerprint density at radius 3 is 3.21 bits per heavy atom. The van der Waals surface area contributed by atoms with E-state index in [1.54, 1.807) is 11.1 Å². The zero-order chi connectivity index (χ0) is 9.54. The van der Waals surface area contributed by atoms with E-state index in [0.717, 1.165) is 5.92 Å². The van der Waals surface area contributed by atoms with Gasteiger partial charge in [-0.1, -0.05) is 23.8 Å². The van der Waals surface area contributed by atoms with Gasteiger partial charge in [0.2, 0.25) is 0 Å². The highest BCUT2D eigenvalue weighted by molar-refractivity contribution is 5.39. The van der Waals surface area contributed by atoms with Crippen LogP contribution in [0.5, 0.6) is 0 Å². The van der Waals surface area contributed by atoms with Crippen LogP contribution in [0.4, 0.5) is 0 Å². The average molecular weight is 187 g/mol. The number of nitrogens with one attached hydrogen (secondary N) is 1. The van der Waals surface area contributed by atoms with Gasteiger partial charge in [0.05, 0.1) is 0 Å². The Morgan fingerprint density at radius 1 is 1.36 bits per heavy atom. The summed E-state index contributed by atoms with van der Waals surface area (Å²) in [6.45, 7) is 3.39. The van der Waals surface area contributed by atoms with Gasteiger partial charge in [0.1, 0.15) is 0 Å². The third-order valence-electron chi connectivity index (χ3n) is 3.71. The molecule has 0 saturated carbocycles. The van der Waals surface area contributed by atoms with Gasteiger partial charge < -0.3 is 5.32 Å². The van der Waals surface area contributed by atoms with Crippen molar-refractivity contribution in [3.8, 4) is 0 Å². The van der Waals surface area contributed by atoms with Crippen LogP contribution in [0.25, 0.3) is 0 Å². The molecule has 0 amide bonds. The summed E-state index contributed by atoms with van der Waals surface area (Å²) in [7, 11) is 0. The van der Waals surface area contributed by atoms with Crippen molar-refractivity contribution in [3.63, 3.8) is 0 Å². The van der Waals surface area contributed by atoms with E-state index in [0.29, 0.717) is 6.04 Å². The summed E-state index contributed by atoms with van der Waals surface area (Å²) in [5.41, 5.74) is 4.56. The monoisotopic (exact) mass is 187 g/mol. The SMILES string of the molecule is Cc1ccc2c(c1)[C@H]1NCCCC1C2. The number of fused-ring (bicyclic) bond motifs is 3. The van der Waals surface area contributed by atoms with Gasteiger partial charge in [0, 0.05) is 6.04 Å². The van der Waals surface area contributed by atoms with Crippen LogP contribution in [-0.2, 0) is 6.42 Å². The molecule has 0 aromatic heterocycles. The lowest BCUT2D eigenvalue weighted by atomic mass is 9.92. The molecular formula is C13H17N. The van der Waals surface area contributed by atoms with Crippen molar-refractivity contribution in [2.24, 2.45) is 5.92 Å². The molecule has 0 radical (unpaired) electrons. The van der Waals surface area contributed by atoms with E-state index in [-0.39, 0.29) is 0 Å². The van der Waals surface area contributed by atoms with Crippen molar-refractivity contribution >= 4 is 0 Å². The van der Waals surface area contributed by atoms with Gasteiger partial charge in [0.25, 0.3) is 0 Å². The second-order valence-corrected chi connectivity index (χ2v) is 4.74. The van der Waals surface area contributed by atoms with Crippen LogP contribution < -0.4 is 5.32 Å². The van der Waals surface area contributed by atoms with Gasteiger partial charge in [-0.15, -0.1) is 0 Å². The van der Waals surface area contributed by atoms with Gasteiger partial charge in [0.15, 0.2) is 0 Å². The Bertz CT molecular complexity index is 356. The minimum atomic E-state index is 0.665. The molecule has 2 atom stereocenters. The van der Waals surface area contributed by atoms with Gasteiger partial charge in [-0.05, 0) is 49.8 Å². The van der Waals surface area contributed by atoms with Crippen molar-refractivity contribution in [2.45, 2.75) is 32.2 Å². The van der Waals surface area contributed by atoms with E-state index in [1.165, 1.54) is 31.4 Å². The maximum atomic E-state index is 3.66. The Labute approximate surface area is 85.5 Å². The number of hydrogen-bond acceptors (Lipinski definition) is 1. The van der Waals surface area contributed by atoms with Crippen molar-refractivity contribution in [2.75, 3.05) is 6.54 Å². The third-order valence-corrected chi connectivity index (χ3v) is 3.71. The summed E-state index contributed by atoms with van der Waals surface area (Å²) in [6.07, 6.45) is 4.06. The molecule has 1 saturated heterocycles. The maximum Gasteiger partial charge on any atom is 0.0354 e. The van der Waals surface area contributed by atoms with Crippen LogP contribution in [0, 0.1) is 12.8 Å². The van der Waals surface area contributed by atoms with Crippen molar-refractivity contribution < 1.29 is 0 Å². The summed E-state index contributed by atoms with van der Waals surface area (Å²) in [4.78, 5) is 0. The summed E-state index contributed by atoms with van der Waals surface area (Å²) in [5, 5.41) is 3.66. The second kappa shape index (κ2) is 3.09. The molecule has 1 heteroatoms. The largest absolute Gasteiger partial charge is 0.310 e. The van der Waals surface area contributed by atoms with Crippen LogP contribution in [0.1, 0.15) is 35.6 Å². The molecule has 74 valence electrons. The molecule has 1 aromatic rings. The van der Waals surface area contributed by atoms with Crippen LogP contribution in [0.15, 0.2) is 18.2 Å². The molecular weight excluding hydrogens is 170 g/mol. The van der Waals surface area contributed by atoms with Gasteiger partial charge >= 0.3 is 0 Å². The molecule has 1 unspecified atom stereocenters. The number of benzene rings is 1. The molecule has 2 aliphatic rings. The molecule has 0 spiro atoms. The number of aryl methyl sites for hydroxylation is 1. The van der Waals surface area contributed by atoms with Gasteiger partial charge in [-0.25, -0.2) is 0 Å². The fourth-order valence-electron chi connectivity index (χ4n) is 3.01. The smallest absolute Gasteiger partial charge is 0.0354 e. The molecule has 3 rings (SSSR count). The number of rotatable bonds is 0. The quantitative estimate of drug-likeness (QED) is 0.658. The first-order valence-corrected chi connectivity index (χ1v) is 5.67. The molecule has 1 N–H and O–H groups in total. The lowest BCUT2D eigenvalue weighted by molar-refractivity contribution is 0.307. The summed E-state index contributed by atoms with van der Waals surface area (Å²) >= 11 is 0. The van der Waals surface area contributed by atoms with E-state index in [4.69, 9.17) is 0 Å². The third kappa shape index (κ3) is 1.19. The topological polar surface area (TPSA) is 12.0 Å². The van der Waals surface area contributed by atoms with Crippen molar-refractivity contribution in [1.29, 1.82) is 0 Å². The normalized spacial score (nSPS) is 29.8. The Morgan fingerprint density at radius 2 is 2.29 bits per heavy atom. The van der Waals surface area contributed by atoms with Crippen molar-refractivity contribution in [3.05, 3.63) is 34.9 Å². The molecule has 1 aliphatic heterocycles. The van der Waals surface area contributed by atoms with E-state index in [1.807, 2.05) is 0 Å². The summed E-state index contributed by atoms with van der Waals surface area (Å²) < 4.78 is 0. The molecule has 1 aliphatic carbocycles. The first-order chi connectivity index (χ1) is 6.84. The number of piperidine rings is 1. The van der Waals surface area contributed by atoms with Crippen LogP contribution in [0.3, 0.4) is 0 Å². The molecule has 1 nitrogen and oxygen atoms in total. The number of hydrogen-bond donors (Lipinski definition) is 1. The fourth-order valence-corrected chi connectivity index (χ4v) is 3.01. The first kappa shape index (κ1) is 8.49. The zero-order valence-corrected chi connectivity index (χ0v) is 8.72. The zero-order valence-electron chi connectivity index (χ0n) is 8.72. The Balaban J connectivity index is 2.02. The second-order valence-electron chi connectivity index (χ2n) is 4.74. The molecule has 1 aromatic carbocycles. The van der Waals surface area contributed by atoms with Crippen LogP contribution in [-0.4, -0.2) is 6.54 Å². The standard InChI is InChI=1S/C13H17N/c1-9-4-5-10-8-11-3-2-6-14-13(11)12(10)7-9/h4-5,7,11,13-14H,2-3,6,8H2,1H3/t11?,13-/m0/s1. The average Bonchev–Trinajstić information content (AvgIpc) is 2.56. The fraction of sp³-hybridized carbons (Fsp3) is 0.538. The minimum absolute atomic E-state index is 0.665. The first-order valence-electron chi connectivity index (χ1n) is 5.67. The van der Waals surface area contributed by atoms with E-state index in [2.05, 4.69) is 30.4 Å². The summed E-state index contributed by atoms with van der Waals surface area (Å²) in [5.74, 6) is 0.876. The minimum Gasteiger partial charge on any atom is -0.310 e. The predicted octanol–water partition coefficient (Wildman–Crippen LogP) is 2.59. The molecule has 1 fully saturated rings. The van der Waals surface area contributed by atoms with Gasteiger partial charge in [-0.3, -0.25) is 0 Å². The lowest BCUT2D eigenvalue weighted by Crippen LogP contribution is -2.31. The highest BCUT2D eigenvalue weighted by Crippen LogP contribution is 2.40.